The molecule has 1 saturated carbocycles. The van der Waals surface area contributed by atoms with E-state index < -0.39 is 0 Å². The van der Waals surface area contributed by atoms with Crippen LogP contribution in [-0.4, -0.2) is 30.6 Å². The largest absolute Gasteiger partial charge is 0.497 e. The Balaban J connectivity index is 1.56. The highest BCUT2D eigenvalue weighted by Crippen LogP contribution is 2.28. The van der Waals surface area contributed by atoms with E-state index in [2.05, 4.69) is 5.32 Å². The van der Waals surface area contributed by atoms with Gasteiger partial charge < -0.3 is 10.1 Å². The predicted molar refractivity (Wildman–Crippen MR) is 89.0 cm³/mol. The third-order valence-electron chi connectivity index (χ3n) is 3.88. The molecule has 0 spiro atoms. The molecule has 1 aromatic rings. The molecule has 21 heavy (non-hydrogen) atoms. The van der Waals surface area contributed by atoms with Crippen LogP contribution in [0.3, 0.4) is 0 Å². The van der Waals surface area contributed by atoms with Crippen molar-refractivity contribution in [1.82, 2.24) is 5.32 Å². The molecule has 0 unspecified atom stereocenters. The molecule has 0 atom stereocenters. The Morgan fingerprint density at radius 1 is 1.29 bits per heavy atom. The van der Waals surface area contributed by atoms with Crippen LogP contribution in [0.5, 0.6) is 5.75 Å². The van der Waals surface area contributed by atoms with E-state index in [0.29, 0.717) is 6.42 Å². The molecule has 2 rings (SSSR count). The van der Waals surface area contributed by atoms with Gasteiger partial charge in [0.05, 0.1) is 7.11 Å². The fraction of sp³-hybridized carbons (Fsp3) is 0.588. The van der Waals surface area contributed by atoms with Gasteiger partial charge in [0.15, 0.2) is 0 Å². The standard InChI is InChI=1S/C17H25NO2S/c1-20-15-9-6-14(7-10-15)8-11-17(19)18-12-13-21-16-4-2-3-5-16/h6-7,9-10,16H,2-5,8,11-13H2,1H3,(H,18,19). The summed E-state index contributed by atoms with van der Waals surface area (Å²) in [6, 6.07) is 7.90. The summed E-state index contributed by atoms with van der Waals surface area (Å²) in [5.41, 5.74) is 1.17. The first-order valence-electron chi connectivity index (χ1n) is 7.79. The Morgan fingerprint density at radius 3 is 2.67 bits per heavy atom. The summed E-state index contributed by atoms with van der Waals surface area (Å²) in [5.74, 6) is 2.05. The molecule has 1 N–H and O–H groups in total. The molecule has 0 aliphatic heterocycles. The van der Waals surface area contributed by atoms with E-state index in [1.165, 1.54) is 31.2 Å². The fourth-order valence-corrected chi connectivity index (χ4v) is 3.83. The molecule has 1 aromatic carbocycles. The molecule has 0 saturated heterocycles. The third kappa shape index (κ3) is 6.00. The van der Waals surface area contributed by atoms with E-state index in [0.717, 1.165) is 29.7 Å². The lowest BCUT2D eigenvalue weighted by Gasteiger charge is -2.09. The number of amides is 1. The first kappa shape index (κ1) is 16.2. The quantitative estimate of drug-likeness (QED) is 0.748. The molecule has 1 fully saturated rings. The minimum Gasteiger partial charge on any atom is -0.497 e. The molecular formula is C17H25NO2S. The van der Waals surface area contributed by atoms with E-state index in [4.69, 9.17) is 4.74 Å². The second kappa shape index (κ2) is 8.98. The van der Waals surface area contributed by atoms with Crippen molar-refractivity contribution >= 4 is 17.7 Å². The van der Waals surface area contributed by atoms with Crippen molar-refractivity contribution in [2.45, 2.75) is 43.8 Å². The number of benzene rings is 1. The average molecular weight is 307 g/mol. The number of hydrogen-bond donors (Lipinski definition) is 1. The summed E-state index contributed by atoms with van der Waals surface area (Å²) in [6.07, 6.45) is 6.82. The van der Waals surface area contributed by atoms with Gasteiger partial charge in [-0.05, 0) is 37.0 Å². The third-order valence-corrected chi connectivity index (χ3v) is 5.26. The number of carbonyl (C=O) groups is 1. The molecule has 1 aliphatic carbocycles. The molecule has 0 radical (unpaired) electrons. The van der Waals surface area contributed by atoms with Gasteiger partial charge in [-0.1, -0.05) is 25.0 Å². The van der Waals surface area contributed by atoms with Crippen molar-refractivity contribution in [2.75, 3.05) is 19.4 Å². The van der Waals surface area contributed by atoms with Gasteiger partial charge >= 0.3 is 0 Å². The minimum absolute atomic E-state index is 0.151. The number of thioether (sulfide) groups is 1. The first-order valence-corrected chi connectivity index (χ1v) is 8.84. The maximum Gasteiger partial charge on any atom is 0.220 e. The minimum atomic E-state index is 0.151. The zero-order chi connectivity index (χ0) is 14.9. The molecule has 0 heterocycles. The van der Waals surface area contributed by atoms with Gasteiger partial charge in [0, 0.05) is 24.0 Å². The summed E-state index contributed by atoms with van der Waals surface area (Å²) >= 11 is 2.02. The molecule has 3 nitrogen and oxygen atoms in total. The second-order valence-corrected chi connectivity index (χ2v) is 6.88. The molecular weight excluding hydrogens is 282 g/mol. The fourth-order valence-electron chi connectivity index (χ4n) is 2.61. The van der Waals surface area contributed by atoms with Crippen LogP contribution in [0, 0.1) is 0 Å². The molecule has 116 valence electrons. The van der Waals surface area contributed by atoms with E-state index in [-0.39, 0.29) is 5.91 Å². The number of nitrogens with one attached hydrogen (secondary N) is 1. The van der Waals surface area contributed by atoms with Crippen molar-refractivity contribution < 1.29 is 9.53 Å². The van der Waals surface area contributed by atoms with Crippen LogP contribution in [-0.2, 0) is 11.2 Å². The van der Waals surface area contributed by atoms with Crippen LogP contribution < -0.4 is 10.1 Å². The van der Waals surface area contributed by atoms with Gasteiger partial charge in [0.1, 0.15) is 5.75 Å². The highest BCUT2D eigenvalue weighted by atomic mass is 32.2. The van der Waals surface area contributed by atoms with Crippen molar-refractivity contribution in [1.29, 1.82) is 0 Å². The van der Waals surface area contributed by atoms with E-state index in [1.54, 1.807) is 7.11 Å². The van der Waals surface area contributed by atoms with Crippen LogP contribution >= 0.6 is 11.8 Å². The van der Waals surface area contributed by atoms with Crippen molar-refractivity contribution in [3.63, 3.8) is 0 Å². The van der Waals surface area contributed by atoms with Gasteiger partial charge in [-0.15, -0.1) is 0 Å². The molecule has 0 aromatic heterocycles. The van der Waals surface area contributed by atoms with Crippen molar-refractivity contribution in [3.05, 3.63) is 29.8 Å². The van der Waals surface area contributed by atoms with Crippen LogP contribution in [0.1, 0.15) is 37.7 Å². The smallest absolute Gasteiger partial charge is 0.220 e. The van der Waals surface area contributed by atoms with Gasteiger partial charge in [0.25, 0.3) is 0 Å². The number of aryl methyl sites for hydroxylation is 1. The summed E-state index contributed by atoms with van der Waals surface area (Å²) in [6.45, 7) is 0.794. The van der Waals surface area contributed by atoms with Crippen LogP contribution in [0.2, 0.25) is 0 Å². The number of methoxy groups -OCH3 is 1. The van der Waals surface area contributed by atoms with Crippen LogP contribution in [0.25, 0.3) is 0 Å². The Bertz CT molecular complexity index is 427. The Morgan fingerprint density at radius 2 is 2.00 bits per heavy atom. The Hall–Kier alpha value is -1.16. The number of carbonyl (C=O) groups excluding carboxylic acids is 1. The topological polar surface area (TPSA) is 38.3 Å². The number of ether oxygens (including phenoxy) is 1. The first-order chi connectivity index (χ1) is 10.3. The van der Waals surface area contributed by atoms with Gasteiger partial charge in [-0.25, -0.2) is 0 Å². The van der Waals surface area contributed by atoms with E-state index >= 15 is 0 Å². The average Bonchev–Trinajstić information content (AvgIpc) is 3.03. The van der Waals surface area contributed by atoms with Gasteiger partial charge in [-0.3, -0.25) is 4.79 Å². The summed E-state index contributed by atoms with van der Waals surface area (Å²) < 4.78 is 5.12. The zero-order valence-electron chi connectivity index (χ0n) is 12.8. The summed E-state index contributed by atoms with van der Waals surface area (Å²) in [5, 5.41) is 3.85. The maximum atomic E-state index is 11.8. The molecule has 1 aliphatic rings. The lowest BCUT2D eigenvalue weighted by atomic mass is 10.1. The monoisotopic (exact) mass is 307 g/mol. The van der Waals surface area contributed by atoms with Crippen LogP contribution in [0.15, 0.2) is 24.3 Å². The highest BCUT2D eigenvalue weighted by Gasteiger charge is 2.14. The van der Waals surface area contributed by atoms with E-state index in [9.17, 15) is 4.79 Å². The van der Waals surface area contributed by atoms with Crippen molar-refractivity contribution in [3.8, 4) is 5.75 Å². The predicted octanol–water partition coefficient (Wildman–Crippen LogP) is 3.42. The molecule has 1 amide bonds. The van der Waals surface area contributed by atoms with Gasteiger partial charge in [-0.2, -0.15) is 11.8 Å². The normalized spacial score (nSPS) is 15.1. The summed E-state index contributed by atoms with van der Waals surface area (Å²) in [7, 11) is 1.66. The molecule has 0 bridgehead atoms. The molecule has 4 heteroatoms. The maximum absolute atomic E-state index is 11.8. The van der Waals surface area contributed by atoms with Gasteiger partial charge in [0.2, 0.25) is 5.91 Å². The Kier molecular flexibility index (Phi) is 6.93. The zero-order valence-corrected chi connectivity index (χ0v) is 13.6. The lowest BCUT2D eigenvalue weighted by molar-refractivity contribution is -0.120. The lowest BCUT2D eigenvalue weighted by Crippen LogP contribution is -2.26. The summed E-state index contributed by atoms with van der Waals surface area (Å²) in [4.78, 5) is 11.8. The highest BCUT2D eigenvalue weighted by molar-refractivity contribution is 7.99. The van der Waals surface area contributed by atoms with E-state index in [1.807, 2.05) is 36.0 Å². The number of rotatable bonds is 8. The number of hydrogen-bond acceptors (Lipinski definition) is 3. The van der Waals surface area contributed by atoms with Crippen LogP contribution in [0.4, 0.5) is 0 Å². The second-order valence-electron chi connectivity index (χ2n) is 5.48. The van der Waals surface area contributed by atoms with Crippen molar-refractivity contribution in [2.24, 2.45) is 0 Å². The Labute approximate surface area is 131 Å². The SMILES string of the molecule is COc1ccc(CCC(=O)NCCSC2CCCC2)cc1.